The van der Waals surface area contributed by atoms with Gasteiger partial charge >= 0.3 is 0 Å². The second kappa shape index (κ2) is 10.8. The second-order valence-electron chi connectivity index (χ2n) is 6.18. The van der Waals surface area contributed by atoms with Crippen LogP contribution < -0.4 is 10.1 Å². The third kappa shape index (κ3) is 5.81. The molecule has 0 amide bonds. The van der Waals surface area contributed by atoms with Gasteiger partial charge < -0.3 is 19.7 Å². The van der Waals surface area contributed by atoms with E-state index >= 15 is 0 Å². The summed E-state index contributed by atoms with van der Waals surface area (Å²) in [6, 6.07) is 8.18. The van der Waals surface area contributed by atoms with E-state index in [1.165, 1.54) is 5.56 Å². The predicted molar refractivity (Wildman–Crippen MR) is 110 cm³/mol. The molecule has 0 radical (unpaired) electrons. The molecular weight excluding hydrogens is 417 g/mol. The highest BCUT2D eigenvalue weighted by Gasteiger charge is 2.19. The number of aliphatic imine (C=N–C) groups is 1. The van der Waals surface area contributed by atoms with Crippen molar-refractivity contribution in [1.29, 1.82) is 0 Å². The van der Waals surface area contributed by atoms with Crippen LogP contribution in [0.25, 0.3) is 0 Å². The standard InChI is InChI=1S/C18H29N3O2.HI/c1-14(16-7-5-6-8-17(16)22-4)11-20-18(19-2)21(3)12-15-9-10-23-13-15;/h5-8,14-15H,9-13H2,1-4H3,(H,19,20);1H. The second-order valence-corrected chi connectivity index (χ2v) is 6.18. The molecule has 0 spiro atoms. The fraction of sp³-hybridized carbons (Fsp3) is 0.611. The van der Waals surface area contributed by atoms with E-state index in [1.54, 1.807) is 7.11 Å². The van der Waals surface area contributed by atoms with Crippen LogP contribution >= 0.6 is 24.0 Å². The number of methoxy groups -OCH3 is 1. The van der Waals surface area contributed by atoms with Gasteiger partial charge in [0, 0.05) is 45.6 Å². The zero-order valence-electron chi connectivity index (χ0n) is 15.1. The third-order valence-electron chi connectivity index (χ3n) is 4.37. The van der Waals surface area contributed by atoms with E-state index < -0.39 is 0 Å². The number of hydrogen-bond donors (Lipinski definition) is 1. The molecule has 1 aliphatic heterocycles. The first-order valence-corrected chi connectivity index (χ1v) is 8.28. The van der Waals surface area contributed by atoms with Crippen LogP contribution in [0.5, 0.6) is 5.75 Å². The van der Waals surface area contributed by atoms with Crippen LogP contribution in [0, 0.1) is 5.92 Å². The van der Waals surface area contributed by atoms with Crippen molar-refractivity contribution in [3.8, 4) is 5.75 Å². The van der Waals surface area contributed by atoms with Crippen molar-refractivity contribution in [2.75, 3.05) is 47.5 Å². The minimum absolute atomic E-state index is 0. The molecule has 2 rings (SSSR count). The minimum atomic E-state index is 0. The van der Waals surface area contributed by atoms with Crippen LogP contribution in [0.4, 0.5) is 0 Å². The summed E-state index contributed by atoms with van der Waals surface area (Å²) in [4.78, 5) is 6.59. The average molecular weight is 447 g/mol. The fourth-order valence-electron chi connectivity index (χ4n) is 3.01. The number of guanidine groups is 1. The molecule has 2 unspecified atom stereocenters. The van der Waals surface area contributed by atoms with Crippen LogP contribution in [-0.4, -0.2) is 58.4 Å². The average Bonchev–Trinajstić information content (AvgIpc) is 3.08. The normalized spacial score (nSPS) is 18.7. The number of para-hydroxylation sites is 1. The highest BCUT2D eigenvalue weighted by atomic mass is 127. The summed E-state index contributed by atoms with van der Waals surface area (Å²) in [5.74, 6) is 2.81. The molecular formula is C18H30IN3O2. The smallest absolute Gasteiger partial charge is 0.193 e. The van der Waals surface area contributed by atoms with Crippen molar-refractivity contribution in [2.45, 2.75) is 19.3 Å². The van der Waals surface area contributed by atoms with Gasteiger partial charge in [0.1, 0.15) is 5.75 Å². The summed E-state index contributed by atoms with van der Waals surface area (Å²) in [6.45, 7) is 5.73. The largest absolute Gasteiger partial charge is 0.496 e. The van der Waals surface area contributed by atoms with E-state index in [1.807, 2.05) is 19.2 Å². The van der Waals surface area contributed by atoms with Gasteiger partial charge in [-0.15, -0.1) is 24.0 Å². The first-order valence-electron chi connectivity index (χ1n) is 8.28. The first-order chi connectivity index (χ1) is 11.2. The monoisotopic (exact) mass is 447 g/mol. The number of ether oxygens (including phenoxy) is 2. The van der Waals surface area contributed by atoms with Gasteiger partial charge in [-0.2, -0.15) is 0 Å². The van der Waals surface area contributed by atoms with Gasteiger partial charge in [-0.25, -0.2) is 0 Å². The maximum absolute atomic E-state index is 5.45. The zero-order chi connectivity index (χ0) is 16.7. The quantitative estimate of drug-likeness (QED) is 0.414. The van der Waals surface area contributed by atoms with Crippen molar-refractivity contribution < 1.29 is 9.47 Å². The number of benzene rings is 1. The molecule has 136 valence electrons. The van der Waals surface area contributed by atoms with Gasteiger partial charge in [0.2, 0.25) is 0 Å². The Morgan fingerprint density at radius 3 is 2.83 bits per heavy atom. The Morgan fingerprint density at radius 1 is 1.46 bits per heavy atom. The van der Waals surface area contributed by atoms with Crippen molar-refractivity contribution in [2.24, 2.45) is 10.9 Å². The van der Waals surface area contributed by atoms with E-state index in [4.69, 9.17) is 9.47 Å². The van der Waals surface area contributed by atoms with Gasteiger partial charge in [0.25, 0.3) is 0 Å². The number of halogens is 1. The molecule has 0 saturated carbocycles. The van der Waals surface area contributed by atoms with E-state index in [0.29, 0.717) is 11.8 Å². The Kier molecular flexibility index (Phi) is 9.43. The lowest BCUT2D eigenvalue weighted by molar-refractivity contribution is 0.181. The summed E-state index contributed by atoms with van der Waals surface area (Å²) < 4.78 is 10.9. The number of rotatable bonds is 6. The van der Waals surface area contributed by atoms with E-state index in [9.17, 15) is 0 Å². The Bertz CT molecular complexity index is 519. The summed E-state index contributed by atoms with van der Waals surface area (Å²) in [5, 5.41) is 3.47. The summed E-state index contributed by atoms with van der Waals surface area (Å²) in [6.07, 6.45) is 1.14. The number of nitrogens with zero attached hydrogens (tertiary/aromatic N) is 2. The van der Waals surface area contributed by atoms with Crippen molar-refractivity contribution in [3.63, 3.8) is 0 Å². The lowest BCUT2D eigenvalue weighted by Crippen LogP contribution is -2.42. The molecule has 1 saturated heterocycles. The van der Waals surface area contributed by atoms with Crippen LogP contribution in [0.15, 0.2) is 29.3 Å². The van der Waals surface area contributed by atoms with E-state index in [2.05, 4.69) is 41.3 Å². The van der Waals surface area contributed by atoms with Crippen molar-refractivity contribution in [1.82, 2.24) is 10.2 Å². The lowest BCUT2D eigenvalue weighted by Gasteiger charge is -2.26. The molecule has 1 heterocycles. The maximum Gasteiger partial charge on any atom is 0.193 e. The molecule has 0 aromatic heterocycles. The molecule has 2 atom stereocenters. The summed E-state index contributed by atoms with van der Waals surface area (Å²) in [5.41, 5.74) is 1.21. The minimum Gasteiger partial charge on any atom is -0.496 e. The summed E-state index contributed by atoms with van der Waals surface area (Å²) >= 11 is 0. The molecule has 0 aliphatic carbocycles. The van der Waals surface area contributed by atoms with Crippen LogP contribution in [-0.2, 0) is 4.74 Å². The molecule has 1 aromatic rings. The van der Waals surface area contributed by atoms with Gasteiger partial charge in [-0.1, -0.05) is 25.1 Å². The Labute approximate surface area is 162 Å². The number of nitrogens with one attached hydrogen (secondary N) is 1. The van der Waals surface area contributed by atoms with Crippen molar-refractivity contribution >= 4 is 29.9 Å². The third-order valence-corrected chi connectivity index (χ3v) is 4.37. The van der Waals surface area contributed by atoms with Gasteiger partial charge in [0.05, 0.1) is 13.7 Å². The fourth-order valence-corrected chi connectivity index (χ4v) is 3.01. The first kappa shape index (κ1) is 21.0. The van der Waals surface area contributed by atoms with E-state index in [0.717, 1.165) is 44.4 Å². The lowest BCUT2D eigenvalue weighted by atomic mass is 10.0. The van der Waals surface area contributed by atoms with Gasteiger partial charge in [-0.05, 0) is 18.1 Å². The molecule has 24 heavy (non-hydrogen) atoms. The molecule has 1 aromatic carbocycles. The highest BCUT2D eigenvalue weighted by Crippen LogP contribution is 2.25. The molecule has 1 N–H and O–H groups in total. The number of hydrogen-bond acceptors (Lipinski definition) is 3. The SMILES string of the molecule is CN=C(NCC(C)c1ccccc1OC)N(C)CC1CCOC1.I. The Hall–Kier alpha value is -1.02. The zero-order valence-corrected chi connectivity index (χ0v) is 17.4. The molecule has 6 heteroatoms. The van der Waals surface area contributed by atoms with Crippen molar-refractivity contribution in [3.05, 3.63) is 29.8 Å². The van der Waals surface area contributed by atoms with Gasteiger partial charge in [-0.3, -0.25) is 4.99 Å². The molecule has 1 fully saturated rings. The molecule has 5 nitrogen and oxygen atoms in total. The Morgan fingerprint density at radius 2 is 2.21 bits per heavy atom. The predicted octanol–water partition coefficient (Wildman–Crippen LogP) is 2.96. The van der Waals surface area contributed by atoms with Crippen LogP contribution in [0.3, 0.4) is 0 Å². The summed E-state index contributed by atoms with van der Waals surface area (Å²) in [7, 11) is 5.63. The van der Waals surface area contributed by atoms with Crippen LogP contribution in [0.1, 0.15) is 24.8 Å². The topological polar surface area (TPSA) is 46.1 Å². The van der Waals surface area contributed by atoms with E-state index in [-0.39, 0.29) is 24.0 Å². The van der Waals surface area contributed by atoms with Gasteiger partial charge in [0.15, 0.2) is 5.96 Å². The Balaban J connectivity index is 0.00000288. The van der Waals surface area contributed by atoms with Crippen LogP contribution in [0.2, 0.25) is 0 Å². The molecule has 1 aliphatic rings. The highest BCUT2D eigenvalue weighted by molar-refractivity contribution is 14.0. The molecule has 0 bridgehead atoms. The maximum atomic E-state index is 5.45.